The van der Waals surface area contributed by atoms with Crippen molar-refractivity contribution in [2.45, 2.75) is 19.8 Å². The summed E-state index contributed by atoms with van der Waals surface area (Å²) < 4.78 is 5.60. The fourth-order valence-corrected chi connectivity index (χ4v) is 1.76. The molecule has 4 heteroatoms. The first-order valence-electron chi connectivity index (χ1n) is 5.75. The SMILES string of the molecule is CC(C)c1ccc(Oc2ncc(N)cc2Cl)cc1. The average molecular weight is 263 g/mol. The van der Waals surface area contributed by atoms with Crippen LogP contribution in [0.1, 0.15) is 25.3 Å². The molecule has 0 saturated carbocycles. The third-order valence-corrected chi connectivity index (χ3v) is 2.86. The number of hydrogen-bond acceptors (Lipinski definition) is 3. The summed E-state index contributed by atoms with van der Waals surface area (Å²) in [7, 11) is 0. The van der Waals surface area contributed by atoms with E-state index in [1.165, 1.54) is 11.8 Å². The molecule has 0 aliphatic carbocycles. The Bertz CT molecular complexity index is 538. The van der Waals surface area contributed by atoms with Crippen LogP contribution in [0.2, 0.25) is 5.02 Å². The van der Waals surface area contributed by atoms with Crippen molar-refractivity contribution < 1.29 is 4.74 Å². The molecule has 18 heavy (non-hydrogen) atoms. The van der Waals surface area contributed by atoms with Gasteiger partial charge in [0.1, 0.15) is 10.8 Å². The number of benzene rings is 1. The van der Waals surface area contributed by atoms with Gasteiger partial charge in [-0.25, -0.2) is 4.98 Å². The number of pyridine rings is 1. The minimum Gasteiger partial charge on any atom is -0.438 e. The van der Waals surface area contributed by atoms with Crippen molar-refractivity contribution in [2.75, 3.05) is 5.73 Å². The summed E-state index contributed by atoms with van der Waals surface area (Å²) in [6, 6.07) is 9.50. The molecule has 0 unspecified atom stereocenters. The molecule has 0 amide bonds. The van der Waals surface area contributed by atoms with Crippen LogP contribution in [0.3, 0.4) is 0 Å². The van der Waals surface area contributed by atoms with Gasteiger partial charge in [-0.3, -0.25) is 0 Å². The molecule has 2 rings (SSSR count). The number of nitrogen functional groups attached to an aromatic ring is 1. The summed E-state index contributed by atoms with van der Waals surface area (Å²) in [6.07, 6.45) is 1.52. The summed E-state index contributed by atoms with van der Waals surface area (Å²) in [5.74, 6) is 1.57. The molecule has 94 valence electrons. The Morgan fingerprint density at radius 3 is 2.44 bits per heavy atom. The van der Waals surface area contributed by atoms with Crippen LogP contribution in [-0.4, -0.2) is 4.98 Å². The molecular formula is C14H15ClN2O. The first-order valence-corrected chi connectivity index (χ1v) is 6.13. The van der Waals surface area contributed by atoms with E-state index in [9.17, 15) is 0 Å². The molecule has 0 bridgehead atoms. The number of anilines is 1. The van der Waals surface area contributed by atoms with Crippen LogP contribution < -0.4 is 10.5 Å². The maximum absolute atomic E-state index is 5.99. The van der Waals surface area contributed by atoms with Crippen molar-refractivity contribution in [3.8, 4) is 11.6 Å². The van der Waals surface area contributed by atoms with E-state index in [0.29, 0.717) is 28.3 Å². The summed E-state index contributed by atoms with van der Waals surface area (Å²) in [4.78, 5) is 4.05. The monoisotopic (exact) mass is 262 g/mol. The van der Waals surface area contributed by atoms with Crippen molar-refractivity contribution >= 4 is 17.3 Å². The van der Waals surface area contributed by atoms with Crippen molar-refractivity contribution in [3.63, 3.8) is 0 Å². The van der Waals surface area contributed by atoms with Crippen LogP contribution in [0.25, 0.3) is 0 Å². The zero-order valence-corrected chi connectivity index (χ0v) is 11.1. The Balaban J connectivity index is 2.18. The predicted octanol–water partition coefficient (Wildman–Crippen LogP) is 4.23. The lowest BCUT2D eigenvalue weighted by Gasteiger charge is -2.09. The maximum atomic E-state index is 5.99. The van der Waals surface area contributed by atoms with Gasteiger partial charge in [0.15, 0.2) is 0 Å². The number of aromatic nitrogens is 1. The van der Waals surface area contributed by atoms with E-state index in [0.717, 1.165) is 0 Å². The average Bonchev–Trinajstić information content (AvgIpc) is 2.33. The Morgan fingerprint density at radius 2 is 1.89 bits per heavy atom. The third-order valence-electron chi connectivity index (χ3n) is 2.59. The van der Waals surface area contributed by atoms with Gasteiger partial charge in [-0.05, 0) is 29.7 Å². The number of rotatable bonds is 3. The van der Waals surface area contributed by atoms with Crippen LogP contribution in [0, 0.1) is 0 Å². The van der Waals surface area contributed by atoms with Crippen molar-refractivity contribution in [1.82, 2.24) is 4.98 Å². The smallest absolute Gasteiger partial charge is 0.238 e. The van der Waals surface area contributed by atoms with E-state index < -0.39 is 0 Å². The molecule has 0 aliphatic heterocycles. The number of halogens is 1. The van der Waals surface area contributed by atoms with Gasteiger partial charge in [-0.15, -0.1) is 0 Å². The summed E-state index contributed by atoms with van der Waals surface area (Å²) in [5, 5.41) is 0.405. The summed E-state index contributed by atoms with van der Waals surface area (Å²) in [6.45, 7) is 4.29. The first kappa shape index (κ1) is 12.7. The highest BCUT2D eigenvalue weighted by Gasteiger charge is 2.06. The number of nitrogens with two attached hydrogens (primary N) is 1. The largest absolute Gasteiger partial charge is 0.438 e. The van der Waals surface area contributed by atoms with E-state index in [4.69, 9.17) is 22.1 Å². The van der Waals surface area contributed by atoms with Gasteiger partial charge < -0.3 is 10.5 Å². The minimum atomic E-state index is 0.364. The second-order valence-corrected chi connectivity index (χ2v) is 4.79. The Kier molecular flexibility index (Phi) is 3.72. The zero-order chi connectivity index (χ0) is 13.1. The molecule has 1 aromatic heterocycles. The van der Waals surface area contributed by atoms with Crippen molar-refractivity contribution in [2.24, 2.45) is 0 Å². The number of nitrogens with zero attached hydrogens (tertiary/aromatic N) is 1. The molecule has 3 nitrogen and oxygen atoms in total. The highest BCUT2D eigenvalue weighted by Crippen LogP contribution is 2.29. The van der Waals surface area contributed by atoms with Gasteiger partial charge in [0.25, 0.3) is 0 Å². The van der Waals surface area contributed by atoms with Gasteiger partial charge in [0.05, 0.1) is 11.9 Å². The molecule has 0 radical (unpaired) electrons. The van der Waals surface area contributed by atoms with Gasteiger partial charge in [-0.1, -0.05) is 37.6 Å². The minimum absolute atomic E-state index is 0.364. The quantitative estimate of drug-likeness (QED) is 0.900. The number of hydrogen-bond donors (Lipinski definition) is 1. The van der Waals surface area contributed by atoms with E-state index >= 15 is 0 Å². The molecule has 0 fully saturated rings. The fraction of sp³-hybridized carbons (Fsp3) is 0.214. The molecule has 0 saturated heterocycles. The predicted molar refractivity (Wildman–Crippen MR) is 74.3 cm³/mol. The van der Waals surface area contributed by atoms with Crippen LogP contribution in [0.15, 0.2) is 36.5 Å². The Hall–Kier alpha value is -1.74. The Morgan fingerprint density at radius 1 is 1.22 bits per heavy atom. The van der Waals surface area contributed by atoms with Gasteiger partial charge in [-0.2, -0.15) is 0 Å². The second kappa shape index (κ2) is 5.27. The maximum Gasteiger partial charge on any atom is 0.238 e. The second-order valence-electron chi connectivity index (χ2n) is 4.38. The Labute approximate surface area is 112 Å². The van der Waals surface area contributed by atoms with Crippen molar-refractivity contribution in [3.05, 3.63) is 47.1 Å². The standard InChI is InChI=1S/C14H15ClN2O/c1-9(2)10-3-5-12(6-4-10)18-14-13(15)7-11(16)8-17-14/h3-9H,16H2,1-2H3. The lowest BCUT2D eigenvalue weighted by Crippen LogP contribution is -1.93. The van der Waals surface area contributed by atoms with E-state index in [1.54, 1.807) is 6.07 Å². The molecule has 1 aromatic carbocycles. The molecule has 0 atom stereocenters. The summed E-state index contributed by atoms with van der Waals surface area (Å²) >= 11 is 5.99. The van der Waals surface area contributed by atoms with Gasteiger partial charge in [0.2, 0.25) is 5.88 Å². The molecule has 1 heterocycles. The topological polar surface area (TPSA) is 48.1 Å². The lowest BCUT2D eigenvalue weighted by molar-refractivity contribution is 0.463. The van der Waals surface area contributed by atoms with E-state index in [2.05, 4.69) is 18.8 Å². The van der Waals surface area contributed by atoms with Crippen LogP contribution in [0.4, 0.5) is 5.69 Å². The van der Waals surface area contributed by atoms with Crippen molar-refractivity contribution in [1.29, 1.82) is 0 Å². The molecular weight excluding hydrogens is 248 g/mol. The molecule has 0 spiro atoms. The van der Waals surface area contributed by atoms with Crippen LogP contribution in [0.5, 0.6) is 11.6 Å². The number of ether oxygens (including phenoxy) is 1. The molecule has 2 N–H and O–H groups in total. The van der Waals surface area contributed by atoms with Crippen LogP contribution >= 0.6 is 11.6 Å². The first-order chi connectivity index (χ1) is 8.56. The summed E-state index contributed by atoms with van der Waals surface area (Å²) in [5.41, 5.74) is 7.35. The molecule has 0 aliphatic rings. The van der Waals surface area contributed by atoms with E-state index in [-0.39, 0.29) is 0 Å². The lowest BCUT2D eigenvalue weighted by atomic mass is 10.0. The zero-order valence-electron chi connectivity index (χ0n) is 10.4. The fourth-order valence-electron chi connectivity index (χ4n) is 1.55. The third kappa shape index (κ3) is 2.93. The van der Waals surface area contributed by atoms with Crippen LogP contribution in [-0.2, 0) is 0 Å². The molecule has 2 aromatic rings. The highest BCUT2D eigenvalue weighted by atomic mass is 35.5. The van der Waals surface area contributed by atoms with Gasteiger partial charge >= 0.3 is 0 Å². The van der Waals surface area contributed by atoms with E-state index in [1.807, 2.05) is 24.3 Å². The normalized spacial score (nSPS) is 10.7. The highest BCUT2D eigenvalue weighted by molar-refractivity contribution is 6.32. The van der Waals surface area contributed by atoms with Gasteiger partial charge in [0, 0.05) is 0 Å².